The van der Waals surface area contributed by atoms with Gasteiger partial charge in [-0.25, -0.2) is 9.78 Å². The molecule has 0 spiro atoms. The summed E-state index contributed by atoms with van der Waals surface area (Å²) < 4.78 is 6.39. The van der Waals surface area contributed by atoms with Gasteiger partial charge in [-0.1, -0.05) is 5.16 Å². The fourth-order valence-electron chi connectivity index (χ4n) is 1.41. The van der Waals surface area contributed by atoms with Crippen LogP contribution in [0.25, 0.3) is 0 Å². The summed E-state index contributed by atoms with van der Waals surface area (Å²) in [6.07, 6.45) is 3.24. The number of rotatable bonds is 2. The van der Waals surface area contributed by atoms with Crippen LogP contribution in [-0.2, 0) is 21.4 Å². The third kappa shape index (κ3) is 1.70. The maximum atomic E-state index is 11.2. The van der Waals surface area contributed by atoms with Crippen molar-refractivity contribution in [1.82, 2.24) is 9.55 Å². The number of aromatic nitrogens is 2. The van der Waals surface area contributed by atoms with E-state index in [1.54, 1.807) is 6.20 Å². The summed E-state index contributed by atoms with van der Waals surface area (Å²) in [7, 11) is 3.18. The molecule has 0 aromatic carbocycles. The Bertz CT molecular complexity index is 410. The van der Waals surface area contributed by atoms with Gasteiger partial charge in [0.2, 0.25) is 6.10 Å². The first kappa shape index (κ1) is 9.70. The van der Waals surface area contributed by atoms with Crippen LogP contribution in [0.15, 0.2) is 17.5 Å². The van der Waals surface area contributed by atoms with Crippen molar-refractivity contribution in [2.45, 2.75) is 12.5 Å². The van der Waals surface area contributed by atoms with E-state index in [4.69, 9.17) is 4.84 Å². The number of carbonyl (C=O) groups is 1. The zero-order chi connectivity index (χ0) is 10.8. The minimum atomic E-state index is -0.637. The molecule has 1 atom stereocenters. The largest absolute Gasteiger partial charge is 0.466 e. The summed E-state index contributed by atoms with van der Waals surface area (Å²) in [6.45, 7) is 0. The zero-order valence-electron chi connectivity index (χ0n) is 8.51. The van der Waals surface area contributed by atoms with Gasteiger partial charge < -0.3 is 14.1 Å². The second-order valence-corrected chi connectivity index (χ2v) is 3.22. The number of carbonyl (C=O) groups excluding carboxylic acids is 1. The highest BCUT2D eigenvalue weighted by atomic mass is 16.7. The van der Waals surface area contributed by atoms with E-state index in [0.717, 1.165) is 0 Å². The molecule has 0 saturated heterocycles. The number of aryl methyl sites for hydroxylation is 1. The molecule has 0 saturated carbocycles. The standard InChI is InChI=1S/C9H11N3O3/c1-12-4-3-10-8(12)6-5-7(15-11-6)9(13)14-2/h3-4,7H,5H2,1-2H3. The number of hydrogen-bond donors (Lipinski definition) is 0. The maximum Gasteiger partial charge on any atom is 0.350 e. The van der Waals surface area contributed by atoms with Crippen LogP contribution in [0, 0.1) is 0 Å². The monoisotopic (exact) mass is 209 g/mol. The topological polar surface area (TPSA) is 65.7 Å². The molecule has 2 heterocycles. The van der Waals surface area contributed by atoms with Crippen LogP contribution in [0.5, 0.6) is 0 Å². The Kier molecular flexibility index (Phi) is 2.40. The Labute approximate surface area is 86.5 Å². The normalized spacial score (nSPS) is 19.6. The Hall–Kier alpha value is -1.85. The quantitative estimate of drug-likeness (QED) is 0.647. The van der Waals surface area contributed by atoms with Crippen molar-refractivity contribution in [2.75, 3.05) is 7.11 Å². The van der Waals surface area contributed by atoms with Gasteiger partial charge in [-0.05, 0) is 0 Å². The number of oxime groups is 1. The first-order valence-corrected chi connectivity index (χ1v) is 4.50. The zero-order valence-corrected chi connectivity index (χ0v) is 8.51. The van der Waals surface area contributed by atoms with Gasteiger partial charge in [-0.2, -0.15) is 0 Å². The van der Waals surface area contributed by atoms with Gasteiger partial charge in [-0.3, -0.25) is 0 Å². The van der Waals surface area contributed by atoms with E-state index in [2.05, 4.69) is 14.9 Å². The molecular weight excluding hydrogens is 198 g/mol. The first-order valence-electron chi connectivity index (χ1n) is 4.50. The first-order chi connectivity index (χ1) is 7.22. The van der Waals surface area contributed by atoms with Crippen molar-refractivity contribution in [3.63, 3.8) is 0 Å². The van der Waals surface area contributed by atoms with Gasteiger partial charge in [0.1, 0.15) is 5.71 Å². The summed E-state index contributed by atoms with van der Waals surface area (Å²) in [5.74, 6) is 0.296. The fraction of sp³-hybridized carbons (Fsp3) is 0.444. The molecule has 1 unspecified atom stereocenters. The number of imidazole rings is 1. The lowest BCUT2D eigenvalue weighted by Crippen LogP contribution is -2.22. The number of nitrogens with zero attached hydrogens (tertiary/aromatic N) is 3. The smallest absolute Gasteiger partial charge is 0.350 e. The van der Waals surface area contributed by atoms with Gasteiger partial charge in [0.25, 0.3) is 0 Å². The van der Waals surface area contributed by atoms with Crippen LogP contribution in [0.3, 0.4) is 0 Å². The van der Waals surface area contributed by atoms with Crippen LogP contribution in [0.2, 0.25) is 0 Å². The van der Waals surface area contributed by atoms with Crippen LogP contribution >= 0.6 is 0 Å². The predicted octanol–water partition coefficient (Wildman–Crippen LogP) is 0.0861. The molecule has 0 radical (unpaired) electrons. The van der Waals surface area contributed by atoms with Gasteiger partial charge in [0.05, 0.1) is 7.11 Å². The molecule has 0 fully saturated rings. The van der Waals surface area contributed by atoms with E-state index in [1.807, 2.05) is 17.8 Å². The third-order valence-electron chi connectivity index (χ3n) is 2.21. The average Bonchev–Trinajstić information content (AvgIpc) is 2.84. The van der Waals surface area contributed by atoms with Gasteiger partial charge in [0, 0.05) is 25.9 Å². The molecule has 0 amide bonds. The molecule has 1 aliphatic rings. The van der Waals surface area contributed by atoms with Crippen molar-refractivity contribution >= 4 is 11.7 Å². The molecule has 0 N–H and O–H groups in total. The fourth-order valence-corrected chi connectivity index (χ4v) is 1.41. The lowest BCUT2D eigenvalue weighted by Gasteiger charge is -2.03. The Balaban J connectivity index is 2.10. The van der Waals surface area contributed by atoms with E-state index >= 15 is 0 Å². The molecule has 0 bridgehead atoms. The maximum absolute atomic E-state index is 11.2. The molecule has 1 aliphatic heterocycles. The number of esters is 1. The van der Waals surface area contributed by atoms with Gasteiger partial charge >= 0.3 is 5.97 Å². The second-order valence-electron chi connectivity index (χ2n) is 3.22. The van der Waals surface area contributed by atoms with Gasteiger partial charge in [-0.15, -0.1) is 0 Å². The van der Waals surface area contributed by atoms with Crippen LogP contribution < -0.4 is 0 Å². The molecular formula is C9H11N3O3. The van der Waals surface area contributed by atoms with Crippen molar-refractivity contribution in [1.29, 1.82) is 0 Å². The van der Waals surface area contributed by atoms with Crippen LogP contribution in [0.4, 0.5) is 0 Å². The van der Waals surface area contributed by atoms with E-state index < -0.39 is 12.1 Å². The Morgan fingerprint density at radius 1 is 1.73 bits per heavy atom. The molecule has 6 nitrogen and oxygen atoms in total. The molecule has 1 aromatic heterocycles. The molecule has 0 aliphatic carbocycles. The summed E-state index contributed by atoms with van der Waals surface area (Å²) in [5, 5.41) is 3.82. The average molecular weight is 209 g/mol. The van der Waals surface area contributed by atoms with E-state index in [9.17, 15) is 4.79 Å². The minimum Gasteiger partial charge on any atom is -0.466 e. The SMILES string of the molecule is COC(=O)C1CC(c2nccn2C)=NO1. The highest BCUT2D eigenvalue weighted by molar-refractivity contribution is 6.01. The van der Waals surface area contributed by atoms with Crippen molar-refractivity contribution in [3.8, 4) is 0 Å². The van der Waals surface area contributed by atoms with Gasteiger partial charge in [0.15, 0.2) is 5.82 Å². The molecule has 6 heteroatoms. The number of hydrogen-bond acceptors (Lipinski definition) is 5. The summed E-state index contributed by atoms with van der Waals surface area (Å²) in [6, 6.07) is 0. The molecule has 2 rings (SSSR count). The van der Waals surface area contributed by atoms with Crippen LogP contribution in [-0.4, -0.2) is 34.4 Å². The summed E-state index contributed by atoms with van der Waals surface area (Å²) in [5.41, 5.74) is 0.665. The molecule has 1 aromatic rings. The Morgan fingerprint density at radius 3 is 3.13 bits per heavy atom. The van der Waals surface area contributed by atoms with Crippen molar-refractivity contribution in [2.24, 2.45) is 12.2 Å². The van der Waals surface area contributed by atoms with Crippen molar-refractivity contribution in [3.05, 3.63) is 18.2 Å². The second kappa shape index (κ2) is 3.72. The van der Waals surface area contributed by atoms with Crippen molar-refractivity contribution < 1.29 is 14.4 Å². The highest BCUT2D eigenvalue weighted by Crippen LogP contribution is 2.15. The third-order valence-corrected chi connectivity index (χ3v) is 2.21. The number of methoxy groups -OCH3 is 1. The lowest BCUT2D eigenvalue weighted by atomic mass is 10.2. The molecule has 15 heavy (non-hydrogen) atoms. The lowest BCUT2D eigenvalue weighted by molar-refractivity contribution is -0.152. The summed E-state index contributed by atoms with van der Waals surface area (Å²) >= 11 is 0. The minimum absolute atomic E-state index is 0.400. The molecule has 80 valence electrons. The Morgan fingerprint density at radius 2 is 2.53 bits per heavy atom. The van der Waals surface area contributed by atoms with E-state index in [0.29, 0.717) is 18.0 Å². The van der Waals surface area contributed by atoms with Crippen LogP contribution in [0.1, 0.15) is 12.2 Å². The summed E-state index contributed by atoms with van der Waals surface area (Å²) in [4.78, 5) is 20.2. The number of ether oxygens (including phenoxy) is 1. The highest BCUT2D eigenvalue weighted by Gasteiger charge is 2.31. The van der Waals surface area contributed by atoms with E-state index in [-0.39, 0.29) is 0 Å². The predicted molar refractivity (Wildman–Crippen MR) is 51.3 cm³/mol. The van der Waals surface area contributed by atoms with E-state index in [1.165, 1.54) is 7.11 Å².